The number of hydrogen-bond donors (Lipinski definition) is 2. The molecule has 1 aromatic rings. The highest BCUT2D eigenvalue weighted by Gasteiger charge is 2.23. The summed E-state index contributed by atoms with van der Waals surface area (Å²) in [6, 6.07) is 5.03. The first-order valence-electron chi connectivity index (χ1n) is 6.53. The molecule has 0 radical (unpaired) electrons. The second kappa shape index (κ2) is 6.28. The molecule has 0 aliphatic carbocycles. The van der Waals surface area contributed by atoms with Gasteiger partial charge >= 0.3 is 0 Å². The van der Waals surface area contributed by atoms with Gasteiger partial charge in [-0.1, -0.05) is 18.3 Å². The largest absolute Gasteiger partial charge is 0.389 e. The van der Waals surface area contributed by atoms with Gasteiger partial charge in [0.2, 0.25) is 5.91 Å². The molecular weight excluding hydrogens is 277 g/mol. The Balaban J connectivity index is 1.99. The van der Waals surface area contributed by atoms with Gasteiger partial charge in [0, 0.05) is 38.2 Å². The van der Waals surface area contributed by atoms with E-state index in [2.05, 4.69) is 10.2 Å². The van der Waals surface area contributed by atoms with Crippen LogP contribution in [0.15, 0.2) is 18.2 Å². The Hall–Kier alpha value is -1.53. The predicted molar refractivity (Wildman–Crippen MR) is 79.8 cm³/mol. The molecule has 0 bridgehead atoms. The summed E-state index contributed by atoms with van der Waals surface area (Å²) in [6.45, 7) is 3.94. The maximum atomic E-state index is 13.5. The number of likely N-dealkylation sites (tertiary alicyclic amines) is 1. The van der Waals surface area contributed by atoms with Crippen LogP contribution in [0.25, 0.3) is 0 Å². The molecule has 1 fully saturated rings. The topological polar surface area (TPSA) is 58.4 Å². The average Bonchev–Trinajstić information content (AvgIpc) is 2.77. The minimum Gasteiger partial charge on any atom is -0.389 e. The minimum absolute atomic E-state index is 0.00519. The van der Waals surface area contributed by atoms with E-state index in [1.807, 2.05) is 0 Å². The highest BCUT2D eigenvalue weighted by molar-refractivity contribution is 7.80. The first kappa shape index (κ1) is 14.9. The van der Waals surface area contributed by atoms with Crippen LogP contribution in [0.2, 0.25) is 0 Å². The van der Waals surface area contributed by atoms with Crippen LogP contribution in [0.3, 0.4) is 0 Å². The molecule has 0 saturated carbocycles. The van der Waals surface area contributed by atoms with Crippen molar-refractivity contribution >= 4 is 23.1 Å². The molecule has 1 amide bonds. The van der Waals surface area contributed by atoms with Crippen molar-refractivity contribution in [3.8, 4) is 0 Å². The van der Waals surface area contributed by atoms with Crippen molar-refractivity contribution in [3.05, 3.63) is 35.1 Å². The molecular formula is C14H18FN3OS. The zero-order chi connectivity index (χ0) is 14.7. The number of nitrogens with zero attached hydrogens (tertiary/aromatic N) is 1. The number of carbonyl (C=O) groups excluding carboxylic acids is 1. The number of benzene rings is 1. The summed E-state index contributed by atoms with van der Waals surface area (Å²) in [5.41, 5.74) is 6.76. The van der Waals surface area contributed by atoms with E-state index in [9.17, 15) is 9.18 Å². The Labute approximate surface area is 123 Å². The highest BCUT2D eigenvalue weighted by atomic mass is 32.1. The third-order valence-electron chi connectivity index (χ3n) is 3.38. The van der Waals surface area contributed by atoms with Crippen molar-refractivity contribution in [2.75, 3.05) is 13.1 Å². The van der Waals surface area contributed by atoms with E-state index in [0.717, 1.165) is 25.1 Å². The molecule has 108 valence electrons. The van der Waals surface area contributed by atoms with Crippen LogP contribution >= 0.6 is 12.2 Å². The normalized spacial score (nSPS) is 19.0. The number of nitrogens with one attached hydrogen (secondary N) is 1. The Morgan fingerprint density at radius 3 is 3.00 bits per heavy atom. The molecule has 1 aromatic carbocycles. The summed E-state index contributed by atoms with van der Waals surface area (Å²) in [5, 5.41) is 2.91. The number of halogens is 1. The third-order valence-corrected chi connectivity index (χ3v) is 3.60. The molecule has 1 unspecified atom stereocenters. The summed E-state index contributed by atoms with van der Waals surface area (Å²) in [5.74, 6) is -0.395. The lowest BCUT2D eigenvalue weighted by Crippen LogP contribution is -2.35. The van der Waals surface area contributed by atoms with E-state index in [1.54, 1.807) is 12.1 Å². The summed E-state index contributed by atoms with van der Waals surface area (Å²) in [4.78, 5) is 13.3. The Kier molecular flexibility index (Phi) is 4.67. The molecule has 1 aliphatic heterocycles. The second-order valence-corrected chi connectivity index (χ2v) is 5.54. The SMILES string of the molecule is CC(=O)NC1CCN(Cc2ccc(F)c(C(N)=S)c2)C1. The van der Waals surface area contributed by atoms with E-state index in [1.165, 1.54) is 13.0 Å². The zero-order valence-electron chi connectivity index (χ0n) is 11.4. The molecule has 20 heavy (non-hydrogen) atoms. The van der Waals surface area contributed by atoms with Crippen molar-refractivity contribution in [3.63, 3.8) is 0 Å². The molecule has 1 saturated heterocycles. The second-order valence-electron chi connectivity index (χ2n) is 5.10. The number of carbonyl (C=O) groups is 1. The van der Waals surface area contributed by atoms with Gasteiger partial charge in [0.05, 0.1) is 0 Å². The summed E-state index contributed by atoms with van der Waals surface area (Å²) < 4.78 is 13.5. The van der Waals surface area contributed by atoms with Crippen molar-refractivity contribution in [2.24, 2.45) is 5.73 Å². The number of nitrogens with two attached hydrogens (primary N) is 1. The van der Waals surface area contributed by atoms with Crippen LogP contribution in [-0.4, -0.2) is 34.9 Å². The van der Waals surface area contributed by atoms with Crippen LogP contribution in [0.1, 0.15) is 24.5 Å². The standard InChI is InChI=1S/C14H18FN3OS/c1-9(19)17-11-4-5-18(8-11)7-10-2-3-13(15)12(6-10)14(16)20/h2-3,6,11H,4-5,7-8H2,1H3,(H2,16,20)(H,17,19). The van der Waals surface area contributed by atoms with Gasteiger partial charge in [0.15, 0.2) is 0 Å². The lowest BCUT2D eigenvalue weighted by atomic mass is 10.1. The van der Waals surface area contributed by atoms with E-state index in [0.29, 0.717) is 6.54 Å². The van der Waals surface area contributed by atoms with Crippen molar-refractivity contribution in [2.45, 2.75) is 25.9 Å². The quantitative estimate of drug-likeness (QED) is 0.819. The summed E-state index contributed by atoms with van der Waals surface area (Å²) >= 11 is 4.83. The van der Waals surface area contributed by atoms with Gasteiger partial charge in [-0.2, -0.15) is 0 Å². The smallest absolute Gasteiger partial charge is 0.217 e. The van der Waals surface area contributed by atoms with Gasteiger partial charge in [-0.25, -0.2) is 4.39 Å². The molecule has 0 spiro atoms. The van der Waals surface area contributed by atoms with Crippen molar-refractivity contribution < 1.29 is 9.18 Å². The first-order valence-corrected chi connectivity index (χ1v) is 6.94. The zero-order valence-corrected chi connectivity index (χ0v) is 12.2. The van der Waals surface area contributed by atoms with Crippen LogP contribution in [0, 0.1) is 5.82 Å². The van der Waals surface area contributed by atoms with Gasteiger partial charge in [-0.15, -0.1) is 0 Å². The number of rotatable bonds is 4. The number of amides is 1. The van der Waals surface area contributed by atoms with Gasteiger partial charge in [-0.05, 0) is 24.1 Å². The minimum atomic E-state index is -0.390. The van der Waals surface area contributed by atoms with Gasteiger partial charge in [-0.3, -0.25) is 9.69 Å². The fraction of sp³-hybridized carbons (Fsp3) is 0.429. The Morgan fingerprint density at radius 2 is 2.35 bits per heavy atom. The average molecular weight is 295 g/mol. The Morgan fingerprint density at radius 1 is 1.60 bits per heavy atom. The molecule has 4 nitrogen and oxygen atoms in total. The molecule has 6 heteroatoms. The van der Waals surface area contributed by atoms with Gasteiger partial charge in [0.25, 0.3) is 0 Å². The fourth-order valence-electron chi connectivity index (χ4n) is 2.50. The first-order chi connectivity index (χ1) is 9.45. The lowest BCUT2D eigenvalue weighted by Gasteiger charge is -2.17. The maximum Gasteiger partial charge on any atom is 0.217 e. The molecule has 0 aromatic heterocycles. The molecule has 3 N–H and O–H groups in total. The Bertz CT molecular complexity index is 535. The molecule has 1 aliphatic rings. The van der Waals surface area contributed by atoms with Crippen molar-refractivity contribution in [1.82, 2.24) is 10.2 Å². The van der Waals surface area contributed by atoms with E-state index in [4.69, 9.17) is 18.0 Å². The molecule has 2 rings (SSSR count). The van der Waals surface area contributed by atoms with E-state index in [-0.39, 0.29) is 22.5 Å². The van der Waals surface area contributed by atoms with Gasteiger partial charge in [0.1, 0.15) is 10.8 Å². The predicted octanol–water partition coefficient (Wildman–Crippen LogP) is 1.17. The number of thiocarbonyl (C=S) groups is 1. The van der Waals surface area contributed by atoms with Gasteiger partial charge < -0.3 is 11.1 Å². The lowest BCUT2D eigenvalue weighted by molar-refractivity contribution is -0.119. The molecule has 1 atom stereocenters. The third kappa shape index (κ3) is 3.74. The van der Waals surface area contributed by atoms with Crippen molar-refractivity contribution in [1.29, 1.82) is 0 Å². The monoisotopic (exact) mass is 295 g/mol. The summed E-state index contributed by atoms with van der Waals surface area (Å²) in [6.07, 6.45) is 0.933. The highest BCUT2D eigenvalue weighted by Crippen LogP contribution is 2.16. The van der Waals surface area contributed by atoms with Crippen LogP contribution in [0.5, 0.6) is 0 Å². The molecule has 1 heterocycles. The summed E-state index contributed by atoms with van der Waals surface area (Å²) in [7, 11) is 0. The maximum absolute atomic E-state index is 13.5. The van der Waals surface area contributed by atoms with E-state index >= 15 is 0 Å². The number of hydrogen-bond acceptors (Lipinski definition) is 3. The fourth-order valence-corrected chi connectivity index (χ4v) is 2.66. The van der Waals surface area contributed by atoms with Crippen LogP contribution < -0.4 is 11.1 Å². The van der Waals surface area contributed by atoms with Crippen LogP contribution in [0.4, 0.5) is 4.39 Å². The van der Waals surface area contributed by atoms with Crippen LogP contribution in [-0.2, 0) is 11.3 Å². The van der Waals surface area contributed by atoms with E-state index < -0.39 is 5.82 Å².